The minimum atomic E-state index is -0.700. The lowest BCUT2D eigenvalue weighted by Gasteiger charge is -2.13. The van der Waals surface area contributed by atoms with Gasteiger partial charge in [0.2, 0.25) is 5.91 Å². The zero-order valence-corrected chi connectivity index (χ0v) is 12.2. The number of rotatable bonds is 4. The molecule has 0 aliphatic heterocycles. The van der Waals surface area contributed by atoms with E-state index in [0.717, 1.165) is 11.1 Å². The largest absolute Gasteiger partial charge is 0.350 e. The van der Waals surface area contributed by atoms with E-state index in [9.17, 15) is 9.18 Å². The fourth-order valence-corrected chi connectivity index (χ4v) is 2.25. The number of aryl methyl sites for hydroxylation is 2. The predicted octanol–water partition coefficient (Wildman–Crippen LogP) is 2.76. The van der Waals surface area contributed by atoms with E-state index >= 15 is 0 Å². The first-order valence-electron chi connectivity index (χ1n) is 6.83. The lowest BCUT2D eigenvalue weighted by molar-refractivity contribution is -0.122. The van der Waals surface area contributed by atoms with Gasteiger partial charge in [-0.3, -0.25) is 4.79 Å². The van der Waals surface area contributed by atoms with E-state index in [1.165, 1.54) is 0 Å². The third-order valence-corrected chi connectivity index (χ3v) is 3.40. The molecule has 2 aromatic rings. The van der Waals surface area contributed by atoms with Crippen molar-refractivity contribution in [1.82, 2.24) is 5.32 Å². The standard InChI is InChI=1S/C17H19FN2O/c1-11-8-13(9-12(2)15(11)18)10-20-17(21)16(19)14-6-4-3-5-7-14/h3-9,16H,10,19H2,1-2H3,(H,20,21)/t16-/m0/s1. The van der Waals surface area contributed by atoms with Gasteiger partial charge in [0.15, 0.2) is 0 Å². The SMILES string of the molecule is Cc1cc(CNC(=O)[C@@H](N)c2ccccc2)cc(C)c1F. The smallest absolute Gasteiger partial charge is 0.241 e. The predicted molar refractivity (Wildman–Crippen MR) is 81.1 cm³/mol. The number of amides is 1. The average molecular weight is 286 g/mol. The maximum absolute atomic E-state index is 13.6. The third-order valence-electron chi connectivity index (χ3n) is 3.40. The summed E-state index contributed by atoms with van der Waals surface area (Å²) in [5, 5.41) is 2.78. The van der Waals surface area contributed by atoms with E-state index in [1.54, 1.807) is 26.0 Å². The second-order valence-corrected chi connectivity index (χ2v) is 5.15. The topological polar surface area (TPSA) is 55.1 Å². The summed E-state index contributed by atoms with van der Waals surface area (Å²) in [6.07, 6.45) is 0. The molecule has 0 radical (unpaired) electrons. The Morgan fingerprint density at radius 1 is 1.19 bits per heavy atom. The van der Waals surface area contributed by atoms with Crippen LogP contribution in [-0.2, 0) is 11.3 Å². The Labute approximate surface area is 124 Å². The molecule has 1 atom stereocenters. The van der Waals surface area contributed by atoms with Gasteiger partial charge in [-0.25, -0.2) is 4.39 Å². The second kappa shape index (κ2) is 6.50. The van der Waals surface area contributed by atoms with Crippen LogP contribution in [0.2, 0.25) is 0 Å². The molecule has 0 saturated carbocycles. The van der Waals surface area contributed by atoms with Crippen molar-refractivity contribution in [2.24, 2.45) is 5.73 Å². The first kappa shape index (κ1) is 15.2. The number of carbonyl (C=O) groups is 1. The Morgan fingerprint density at radius 3 is 2.33 bits per heavy atom. The lowest BCUT2D eigenvalue weighted by atomic mass is 10.1. The van der Waals surface area contributed by atoms with E-state index in [4.69, 9.17) is 5.73 Å². The normalized spacial score (nSPS) is 12.0. The average Bonchev–Trinajstić information content (AvgIpc) is 2.50. The summed E-state index contributed by atoms with van der Waals surface area (Å²) in [7, 11) is 0. The third kappa shape index (κ3) is 3.67. The summed E-state index contributed by atoms with van der Waals surface area (Å²) in [6.45, 7) is 3.76. The summed E-state index contributed by atoms with van der Waals surface area (Å²) < 4.78 is 13.6. The van der Waals surface area contributed by atoms with E-state index in [2.05, 4.69) is 5.32 Å². The van der Waals surface area contributed by atoms with Crippen LogP contribution in [0, 0.1) is 19.7 Å². The van der Waals surface area contributed by atoms with Crippen LogP contribution in [0.1, 0.15) is 28.3 Å². The highest BCUT2D eigenvalue weighted by molar-refractivity contribution is 5.82. The van der Waals surface area contributed by atoms with Gasteiger partial charge in [0, 0.05) is 6.54 Å². The van der Waals surface area contributed by atoms with Crippen molar-refractivity contribution in [2.75, 3.05) is 0 Å². The Morgan fingerprint density at radius 2 is 1.76 bits per heavy atom. The van der Waals surface area contributed by atoms with E-state index in [-0.39, 0.29) is 11.7 Å². The summed E-state index contributed by atoms with van der Waals surface area (Å²) >= 11 is 0. The minimum absolute atomic E-state index is 0.203. The highest BCUT2D eigenvalue weighted by atomic mass is 19.1. The Balaban J connectivity index is 2.01. The second-order valence-electron chi connectivity index (χ2n) is 5.15. The molecule has 0 spiro atoms. The summed E-state index contributed by atoms with van der Waals surface area (Å²) in [5.74, 6) is -0.452. The van der Waals surface area contributed by atoms with Crippen molar-refractivity contribution in [3.8, 4) is 0 Å². The molecule has 0 fully saturated rings. The van der Waals surface area contributed by atoms with Crippen molar-refractivity contribution < 1.29 is 9.18 Å². The van der Waals surface area contributed by atoms with Crippen molar-refractivity contribution in [1.29, 1.82) is 0 Å². The number of hydrogen-bond donors (Lipinski definition) is 2. The van der Waals surface area contributed by atoms with Crippen molar-refractivity contribution in [3.63, 3.8) is 0 Å². The van der Waals surface area contributed by atoms with Crippen LogP contribution in [-0.4, -0.2) is 5.91 Å². The van der Waals surface area contributed by atoms with Crippen molar-refractivity contribution in [2.45, 2.75) is 26.4 Å². The summed E-state index contributed by atoms with van der Waals surface area (Å²) in [4.78, 5) is 12.0. The molecule has 0 unspecified atom stereocenters. The number of nitrogens with two attached hydrogens (primary N) is 1. The van der Waals surface area contributed by atoms with Gasteiger partial charge in [0.05, 0.1) is 0 Å². The van der Waals surface area contributed by atoms with E-state index in [0.29, 0.717) is 17.7 Å². The van der Waals surface area contributed by atoms with Gasteiger partial charge in [0.25, 0.3) is 0 Å². The maximum Gasteiger partial charge on any atom is 0.241 e. The van der Waals surface area contributed by atoms with Gasteiger partial charge >= 0.3 is 0 Å². The van der Waals surface area contributed by atoms with Crippen molar-refractivity contribution in [3.05, 3.63) is 70.5 Å². The summed E-state index contributed by atoms with van der Waals surface area (Å²) in [5.41, 5.74) is 8.69. The molecule has 0 aliphatic carbocycles. The van der Waals surface area contributed by atoms with Gasteiger partial charge in [-0.05, 0) is 36.1 Å². The van der Waals surface area contributed by atoms with Crippen molar-refractivity contribution >= 4 is 5.91 Å². The first-order valence-corrected chi connectivity index (χ1v) is 6.83. The number of hydrogen-bond acceptors (Lipinski definition) is 2. The molecule has 110 valence electrons. The lowest BCUT2D eigenvalue weighted by Crippen LogP contribution is -2.33. The quantitative estimate of drug-likeness (QED) is 0.908. The molecule has 0 aromatic heterocycles. The molecule has 4 heteroatoms. The van der Waals surface area contributed by atoms with Crippen LogP contribution in [0.4, 0.5) is 4.39 Å². The fraction of sp³-hybridized carbons (Fsp3) is 0.235. The van der Waals surface area contributed by atoms with Crippen LogP contribution in [0.15, 0.2) is 42.5 Å². The molecular weight excluding hydrogens is 267 g/mol. The molecule has 21 heavy (non-hydrogen) atoms. The molecule has 0 saturated heterocycles. The van der Waals surface area contributed by atoms with Crippen LogP contribution in [0.25, 0.3) is 0 Å². The highest BCUT2D eigenvalue weighted by Gasteiger charge is 2.15. The molecule has 3 nitrogen and oxygen atoms in total. The van der Waals surface area contributed by atoms with Crippen LogP contribution >= 0.6 is 0 Å². The van der Waals surface area contributed by atoms with Gasteiger partial charge in [-0.2, -0.15) is 0 Å². The Hall–Kier alpha value is -2.20. The number of halogens is 1. The number of benzene rings is 2. The molecule has 2 rings (SSSR count). The molecule has 1 amide bonds. The molecule has 3 N–H and O–H groups in total. The van der Waals surface area contributed by atoms with Gasteiger partial charge in [0.1, 0.15) is 11.9 Å². The number of carbonyl (C=O) groups excluding carboxylic acids is 1. The van der Waals surface area contributed by atoms with Gasteiger partial charge in [-0.15, -0.1) is 0 Å². The molecule has 0 heterocycles. The molecule has 0 bridgehead atoms. The Kier molecular flexibility index (Phi) is 4.70. The highest BCUT2D eigenvalue weighted by Crippen LogP contribution is 2.15. The van der Waals surface area contributed by atoms with Gasteiger partial charge in [-0.1, -0.05) is 42.5 Å². The van der Waals surface area contributed by atoms with Gasteiger partial charge < -0.3 is 11.1 Å². The Bertz CT molecular complexity index is 617. The van der Waals surface area contributed by atoms with Crippen LogP contribution < -0.4 is 11.1 Å². The van der Waals surface area contributed by atoms with E-state index in [1.807, 2.05) is 30.3 Å². The summed E-state index contributed by atoms with van der Waals surface area (Å²) in [6, 6.07) is 12.0. The zero-order valence-electron chi connectivity index (χ0n) is 12.2. The van der Waals surface area contributed by atoms with Crippen LogP contribution in [0.3, 0.4) is 0 Å². The molecular formula is C17H19FN2O. The molecule has 2 aromatic carbocycles. The first-order chi connectivity index (χ1) is 9.99. The van der Waals surface area contributed by atoms with Crippen LogP contribution in [0.5, 0.6) is 0 Å². The zero-order chi connectivity index (χ0) is 15.4. The minimum Gasteiger partial charge on any atom is -0.350 e. The fourth-order valence-electron chi connectivity index (χ4n) is 2.25. The molecule has 0 aliphatic rings. The number of nitrogens with one attached hydrogen (secondary N) is 1. The maximum atomic E-state index is 13.6. The monoisotopic (exact) mass is 286 g/mol. The van der Waals surface area contributed by atoms with E-state index < -0.39 is 6.04 Å².